The Kier molecular flexibility index (Phi) is 1.78. The van der Waals surface area contributed by atoms with E-state index in [0.29, 0.717) is 5.39 Å². The second kappa shape index (κ2) is 6.38. The van der Waals surface area contributed by atoms with Crippen molar-refractivity contribution in [1.29, 1.82) is 0 Å². The number of rotatable bonds is 6. The van der Waals surface area contributed by atoms with Gasteiger partial charge in [-0.15, -0.1) is 0 Å². The van der Waals surface area contributed by atoms with Gasteiger partial charge in [0.05, 0.1) is 23.7 Å². The van der Waals surface area contributed by atoms with E-state index in [9.17, 15) is 0 Å². The number of benzene rings is 1. The molecule has 0 amide bonds. The summed E-state index contributed by atoms with van der Waals surface area (Å²) in [7, 11) is -2.79. The van der Waals surface area contributed by atoms with Crippen LogP contribution in [0.4, 0.5) is 5.69 Å². The normalized spacial score (nSPS) is 25.4. The highest BCUT2D eigenvalue weighted by Gasteiger charge is 2.08. The van der Waals surface area contributed by atoms with Crippen LogP contribution in [0.3, 0.4) is 0 Å². The molecule has 3 N–H and O–H groups in total. The van der Waals surface area contributed by atoms with E-state index < -0.39 is 39.2 Å². The number of nitrogens with zero attached hydrogens (tertiary/aromatic N) is 1. The first kappa shape index (κ1) is 5.29. The van der Waals surface area contributed by atoms with Crippen LogP contribution in [0.2, 0.25) is 0 Å². The molecule has 0 saturated heterocycles. The number of methoxy groups -OCH3 is 1. The minimum Gasteiger partial charge on any atom is -0.497 e. The molecule has 0 radical (unpaired) electrons. The maximum atomic E-state index is 8.46. The Morgan fingerprint density at radius 3 is 3.37 bits per heavy atom. The molecule has 0 spiro atoms. The second-order valence-corrected chi connectivity index (χ2v) is 3.75. The Bertz CT molecular complexity index is 907. The van der Waals surface area contributed by atoms with E-state index in [0.717, 1.165) is 6.07 Å². The van der Waals surface area contributed by atoms with Gasteiger partial charge in [-0.3, -0.25) is 4.98 Å². The number of nitrogens with one attached hydrogen (secondary N) is 1. The maximum absolute atomic E-state index is 8.46. The van der Waals surface area contributed by atoms with Gasteiger partial charge in [-0.25, -0.2) is 0 Å². The highest BCUT2D eigenvalue weighted by atomic mass is 16.5. The molecule has 1 atom stereocenters. The Morgan fingerprint density at radius 1 is 1.63 bits per heavy atom. The SMILES string of the molecule is [2H]C([2H])([2H])Oc1cc(NC([2H])(CC([2H])([2H])C([2H])([2H])N)C([2H])([2H])[2H])c2ncccc2c1. The quantitative estimate of drug-likeness (QED) is 0.847. The summed E-state index contributed by atoms with van der Waals surface area (Å²) < 4.78 is 88.9. The highest BCUT2D eigenvalue weighted by molar-refractivity contribution is 5.91. The Balaban J connectivity index is 2.60. The van der Waals surface area contributed by atoms with Gasteiger partial charge in [0.1, 0.15) is 5.75 Å². The second-order valence-electron chi connectivity index (χ2n) is 3.75. The average Bonchev–Trinajstić information content (AvgIpc) is 2.50. The number of fused-ring (bicyclic) bond motifs is 1. The molecule has 0 bridgehead atoms. The molecule has 0 aliphatic carbocycles. The molecule has 0 saturated carbocycles. The van der Waals surface area contributed by atoms with Crippen molar-refractivity contribution in [1.82, 2.24) is 4.98 Å². The molecule has 4 nitrogen and oxygen atoms in total. The van der Waals surface area contributed by atoms with Crippen molar-refractivity contribution in [2.24, 2.45) is 5.73 Å². The van der Waals surface area contributed by atoms with Crippen molar-refractivity contribution in [3.8, 4) is 5.75 Å². The number of hydrogen-bond acceptors (Lipinski definition) is 4. The molecule has 102 valence electrons. The summed E-state index contributed by atoms with van der Waals surface area (Å²) in [6, 6.07) is 2.91. The third kappa shape index (κ3) is 3.35. The molecule has 1 heterocycles. The lowest BCUT2D eigenvalue weighted by atomic mass is 10.1. The van der Waals surface area contributed by atoms with Crippen LogP contribution in [0.15, 0.2) is 30.5 Å². The van der Waals surface area contributed by atoms with Crippen LogP contribution in [-0.4, -0.2) is 24.5 Å². The number of ether oxygens (including phenoxy) is 1. The summed E-state index contributed by atoms with van der Waals surface area (Å²) in [5.74, 6) is -0.150. The number of nitrogens with two attached hydrogens (primary N) is 1. The zero-order valence-electron chi connectivity index (χ0n) is 21.0. The predicted octanol–water partition coefficient (Wildman–Crippen LogP) is 2.78. The first-order valence-corrected chi connectivity index (χ1v) is 5.50. The van der Waals surface area contributed by atoms with Crippen LogP contribution in [0, 0.1) is 0 Å². The molecule has 2 rings (SSSR count). The van der Waals surface area contributed by atoms with Gasteiger partial charge in [-0.05, 0) is 38.3 Å². The first-order chi connectivity index (χ1) is 13.3. The predicted molar refractivity (Wildman–Crippen MR) is 79.7 cm³/mol. The topological polar surface area (TPSA) is 60.2 Å². The third-order valence-corrected chi connectivity index (χ3v) is 2.45. The van der Waals surface area contributed by atoms with Crippen molar-refractivity contribution < 1.29 is 19.8 Å². The zero-order valence-corrected chi connectivity index (χ0v) is 10.0. The summed E-state index contributed by atoms with van der Waals surface area (Å²) in [6.45, 7) is -6.04. The monoisotopic (exact) mass is 270 g/mol. The van der Waals surface area contributed by atoms with E-state index in [1.54, 1.807) is 12.1 Å². The Labute approximate surface area is 129 Å². The molecule has 19 heavy (non-hydrogen) atoms. The average molecular weight is 270 g/mol. The van der Waals surface area contributed by atoms with Gasteiger partial charge >= 0.3 is 0 Å². The molecular formula is C15H21N3O. The fraction of sp³-hybridized carbons (Fsp3) is 0.400. The number of anilines is 1. The van der Waals surface area contributed by atoms with Gasteiger partial charge in [0, 0.05) is 33.3 Å². The van der Waals surface area contributed by atoms with Crippen molar-refractivity contribution in [2.75, 3.05) is 18.9 Å². The maximum Gasteiger partial charge on any atom is 0.121 e. The van der Waals surface area contributed by atoms with Gasteiger partial charge in [0.15, 0.2) is 0 Å². The van der Waals surface area contributed by atoms with E-state index in [-0.39, 0.29) is 17.0 Å². The first-order valence-electron chi connectivity index (χ1n) is 11.0. The van der Waals surface area contributed by atoms with Gasteiger partial charge in [-0.1, -0.05) is 6.07 Å². The van der Waals surface area contributed by atoms with E-state index in [4.69, 9.17) is 25.5 Å². The van der Waals surface area contributed by atoms with Crippen molar-refractivity contribution in [3.63, 3.8) is 0 Å². The highest BCUT2D eigenvalue weighted by Crippen LogP contribution is 2.28. The standard InChI is InChI=1S/C15H21N3O/c1-11(5-3-7-16)18-14-10-13(19-2)9-12-6-4-8-17-15(12)14/h4,6,8-11,18H,3,5,7,16H2,1-2H3/i1D3,2D3,3D2,7D2,11D. The minimum atomic E-state index is -3.12. The van der Waals surface area contributed by atoms with E-state index in [2.05, 4.69) is 10.3 Å². The van der Waals surface area contributed by atoms with Gasteiger partial charge in [0.2, 0.25) is 0 Å². The molecule has 1 unspecified atom stereocenters. The summed E-state index contributed by atoms with van der Waals surface area (Å²) >= 11 is 0. The number of pyridine rings is 1. The van der Waals surface area contributed by atoms with Crippen molar-refractivity contribution in [2.45, 2.75) is 25.7 Å². The number of hydrogen-bond donors (Lipinski definition) is 2. The van der Waals surface area contributed by atoms with E-state index in [1.807, 2.05) is 0 Å². The molecule has 0 aliphatic heterocycles. The lowest BCUT2D eigenvalue weighted by Crippen LogP contribution is -2.17. The van der Waals surface area contributed by atoms with E-state index >= 15 is 0 Å². The van der Waals surface area contributed by atoms with Crippen LogP contribution in [0.1, 0.15) is 34.7 Å². The van der Waals surface area contributed by atoms with Crippen LogP contribution >= 0.6 is 0 Å². The molecule has 1 aromatic heterocycles. The molecular weight excluding hydrogens is 238 g/mol. The fourth-order valence-electron chi connectivity index (χ4n) is 1.67. The van der Waals surface area contributed by atoms with Gasteiger partial charge < -0.3 is 15.8 Å². The summed E-state index contributed by atoms with van der Waals surface area (Å²) in [5.41, 5.74) is 5.31. The van der Waals surface area contributed by atoms with Crippen LogP contribution in [-0.2, 0) is 0 Å². The Morgan fingerprint density at radius 2 is 2.58 bits per heavy atom. The van der Waals surface area contributed by atoms with Crippen LogP contribution in [0.25, 0.3) is 10.9 Å². The molecule has 1 aromatic carbocycles. The lowest BCUT2D eigenvalue weighted by Gasteiger charge is -2.17. The smallest absolute Gasteiger partial charge is 0.121 e. The third-order valence-electron chi connectivity index (χ3n) is 2.45. The zero-order chi connectivity index (χ0) is 23.2. The summed E-state index contributed by atoms with van der Waals surface area (Å²) in [4.78, 5) is 4.11. The molecule has 2 aromatic rings. The van der Waals surface area contributed by atoms with Crippen LogP contribution < -0.4 is 15.8 Å². The molecule has 4 heteroatoms. The molecule has 0 fully saturated rings. The van der Waals surface area contributed by atoms with Crippen molar-refractivity contribution in [3.05, 3.63) is 30.5 Å². The molecule has 0 aliphatic rings. The van der Waals surface area contributed by atoms with Gasteiger partial charge in [0.25, 0.3) is 0 Å². The number of aromatic nitrogens is 1. The Hall–Kier alpha value is -1.81. The van der Waals surface area contributed by atoms with Crippen LogP contribution in [0.5, 0.6) is 5.75 Å². The van der Waals surface area contributed by atoms with Crippen molar-refractivity contribution >= 4 is 16.6 Å². The fourth-order valence-corrected chi connectivity index (χ4v) is 1.67. The minimum absolute atomic E-state index is 0.0909. The lowest BCUT2D eigenvalue weighted by molar-refractivity contribution is 0.415. The van der Waals surface area contributed by atoms with E-state index in [1.165, 1.54) is 12.3 Å². The largest absolute Gasteiger partial charge is 0.497 e. The summed E-state index contributed by atoms with van der Waals surface area (Å²) in [5, 5.41) is 2.79. The summed E-state index contributed by atoms with van der Waals surface area (Å²) in [6.07, 6.45) is -2.62. The van der Waals surface area contributed by atoms with Gasteiger partial charge in [-0.2, -0.15) is 0 Å².